The summed E-state index contributed by atoms with van der Waals surface area (Å²) in [5.74, 6) is 0.672. The fourth-order valence-corrected chi connectivity index (χ4v) is 11.1. The van der Waals surface area contributed by atoms with Gasteiger partial charge < -0.3 is 14.0 Å². The minimum absolute atomic E-state index is 0.672. The number of benzene rings is 11. The highest BCUT2D eigenvalue weighted by atomic mass is 15.2. The molecule has 0 atom stereocenters. The maximum atomic E-state index is 5.40. The van der Waals surface area contributed by atoms with Gasteiger partial charge in [-0.3, -0.25) is 0 Å². The molecule has 3 aromatic heterocycles. The summed E-state index contributed by atoms with van der Waals surface area (Å²) < 4.78 is 4.79. The van der Waals surface area contributed by atoms with Crippen molar-refractivity contribution >= 4 is 60.7 Å². The van der Waals surface area contributed by atoms with Gasteiger partial charge >= 0.3 is 0 Å². The number of fused-ring (bicyclic) bond motifs is 6. The largest absolute Gasteiger partial charge is 0.309 e. The molecule has 75 heavy (non-hydrogen) atoms. The highest BCUT2D eigenvalue weighted by Crippen LogP contribution is 2.50. The summed E-state index contributed by atoms with van der Waals surface area (Å²) in [6, 6.07) is 102. The van der Waals surface area contributed by atoms with Crippen LogP contribution < -0.4 is 4.90 Å². The number of hydrogen-bond acceptors (Lipinski definition) is 3. The van der Waals surface area contributed by atoms with Gasteiger partial charge in [0.15, 0.2) is 5.82 Å². The monoisotopic (exact) mass is 957 g/mol. The van der Waals surface area contributed by atoms with Gasteiger partial charge in [-0.2, -0.15) is 0 Å². The first kappa shape index (κ1) is 43.7. The van der Waals surface area contributed by atoms with Crippen molar-refractivity contribution < 1.29 is 0 Å². The first-order valence-electron chi connectivity index (χ1n) is 25.5. The van der Waals surface area contributed by atoms with Crippen LogP contribution in [0.1, 0.15) is 0 Å². The molecule has 5 heteroatoms. The maximum absolute atomic E-state index is 5.40. The smallest absolute Gasteiger partial charge is 0.160 e. The van der Waals surface area contributed by atoms with E-state index in [9.17, 15) is 0 Å². The zero-order chi connectivity index (χ0) is 49.7. The number of rotatable bonds is 10. The highest BCUT2D eigenvalue weighted by molar-refractivity contribution is 6.10. The Morgan fingerprint density at radius 2 is 0.667 bits per heavy atom. The Kier molecular flexibility index (Phi) is 10.8. The molecule has 0 aliphatic rings. The molecule has 0 fully saturated rings. The van der Waals surface area contributed by atoms with E-state index in [4.69, 9.17) is 9.97 Å². The molecule has 0 amide bonds. The Bertz CT molecular complexity index is 4160. The molecule has 0 saturated heterocycles. The van der Waals surface area contributed by atoms with E-state index in [0.29, 0.717) is 5.82 Å². The molecule has 0 aliphatic carbocycles. The second-order valence-corrected chi connectivity index (χ2v) is 19.0. The third-order valence-electron chi connectivity index (χ3n) is 14.5. The van der Waals surface area contributed by atoms with Crippen molar-refractivity contribution in [1.29, 1.82) is 0 Å². The lowest BCUT2D eigenvalue weighted by Crippen LogP contribution is -2.14. The third-order valence-corrected chi connectivity index (χ3v) is 14.5. The molecule has 0 unspecified atom stereocenters. The molecular weight excluding hydrogens is 911 g/mol. The lowest BCUT2D eigenvalue weighted by atomic mass is 9.90. The normalized spacial score (nSPS) is 11.5. The van der Waals surface area contributed by atoms with Crippen molar-refractivity contribution in [2.24, 2.45) is 0 Å². The first-order chi connectivity index (χ1) is 37.2. The molecule has 352 valence electrons. The van der Waals surface area contributed by atoms with Gasteiger partial charge in [0.05, 0.1) is 39.1 Å². The van der Waals surface area contributed by atoms with Crippen molar-refractivity contribution in [2.75, 3.05) is 4.90 Å². The number of anilines is 3. The second kappa shape index (κ2) is 18.5. The summed E-state index contributed by atoms with van der Waals surface area (Å²) in [5.41, 5.74) is 18.8. The minimum Gasteiger partial charge on any atom is -0.309 e. The summed E-state index contributed by atoms with van der Waals surface area (Å²) in [4.78, 5) is 13.1. The highest BCUT2D eigenvalue weighted by Gasteiger charge is 2.26. The number of hydrogen-bond donors (Lipinski definition) is 0. The Balaban J connectivity index is 1.05. The number of aromatic nitrogens is 4. The topological polar surface area (TPSA) is 38.9 Å². The van der Waals surface area contributed by atoms with E-state index in [-0.39, 0.29) is 0 Å². The van der Waals surface area contributed by atoms with Crippen LogP contribution in [0.15, 0.2) is 285 Å². The fourth-order valence-electron chi connectivity index (χ4n) is 11.1. The van der Waals surface area contributed by atoms with Gasteiger partial charge in [-0.1, -0.05) is 200 Å². The van der Waals surface area contributed by atoms with E-state index >= 15 is 0 Å². The van der Waals surface area contributed by atoms with E-state index in [0.717, 1.165) is 89.8 Å². The van der Waals surface area contributed by atoms with E-state index in [1.807, 2.05) is 24.3 Å². The molecule has 14 aromatic rings. The Labute approximate surface area is 435 Å². The van der Waals surface area contributed by atoms with Crippen LogP contribution in [0.2, 0.25) is 0 Å². The Morgan fingerprint density at radius 1 is 0.267 bits per heavy atom. The average Bonchev–Trinajstić information content (AvgIpc) is 4.02. The van der Waals surface area contributed by atoms with E-state index < -0.39 is 0 Å². The molecule has 0 aliphatic heterocycles. The lowest BCUT2D eigenvalue weighted by Gasteiger charge is -2.31. The molecular formula is C70H47N5. The minimum atomic E-state index is 0.672. The van der Waals surface area contributed by atoms with E-state index in [2.05, 4.69) is 275 Å². The van der Waals surface area contributed by atoms with Crippen molar-refractivity contribution in [3.8, 4) is 67.5 Å². The summed E-state index contributed by atoms with van der Waals surface area (Å²) in [6.45, 7) is 0. The van der Waals surface area contributed by atoms with Crippen LogP contribution in [0.5, 0.6) is 0 Å². The van der Waals surface area contributed by atoms with Crippen LogP contribution in [0.4, 0.5) is 17.1 Å². The van der Waals surface area contributed by atoms with Crippen LogP contribution >= 0.6 is 0 Å². The Morgan fingerprint density at radius 3 is 1.15 bits per heavy atom. The molecule has 0 saturated carbocycles. The quantitative estimate of drug-likeness (QED) is 0.137. The van der Waals surface area contributed by atoms with Gasteiger partial charge in [-0.25, -0.2) is 9.97 Å². The summed E-state index contributed by atoms with van der Waals surface area (Å²) in [7, 11) is 0. The number of para-hydroxylation sites is 4. The molecule has 5 nitrogen and oxygen atoms in total. The van der Waals surface area contributed by atoms with Crippen LogP contribution in [-0.4, -0.2) is 19.1 Å². The molecule has 0 N–H and O–H groups in total. The zero-order valence-corrected chi connectivity index (χ0v) is 40.9. The van der Waals surface area contributed by atoms with Crippen molar-refractivity contribution in [1.82, 2.24) is 19.1 Å². The first-order valence-corrected chi connectivity index (χ1v) is 25.5. The van der Waals surface area contributed by atoms with Gasteiger partial charge in [-0.05, 0) is 96.1 Å². The molecule has 11 aromatic carbocycles. The van der Waals surface area contributed by atoms with Crippen molar-refractivity contribution in [3.63, 3.8) is 0 Å². The van der Waals surface area contributed by atoms with Gasteiger partial charge in [0, 0.05) is 72.1 Å². The predicted octanol–water partition coefficient (Wildman–Crippen LogP) is 18.5. The summed E-state index contributed by atoms with van der Waals surface area (Å²) in [5, 5.41) is 4.91. The standard InChI is InChI=1S/C70H47N5/c1-5-22-48(23-6-1)61-44-52(64-47-63(50-26-9-3-10-27-50)71-70(72-64)51-28-11-4-12-29-51)45-62(49-24-7-2-8-25-49)69(61)73(53-40-42-54(43-41-53)74-65-36-17-13-32-57(65)58-33-14-18-37-66(58)74)55-30-21-31-56(46-55)75-67-38-19-15-34-59(67)60-35-16-20-39-68(60)75/h1-47H. The molecule has 3 heterocycles. The van der Waals surface area contributed by atoms with E-state index in [1.54, 1.807) is 0 Å². The fraction of sp³-hybridized carbons (Fsp3) is 0. The van der Waals surface area contributed by atoms with Gasteiger partial charge in [0.1, 0.15) is 0 Å². The molecule has 0 radical (unpaired) electrons. The van der Waals surface area contributed by atoms with Crippen molar-refractivity contribution in [2.45, 2.75) is 0 Å². The van der Waals surface area contributed by atoms with Crippen LogP contribution in [0, 0.1) is 0 Å². The zero-order valence-electron chi connectivity index (χ0n) is 40.9. The van der Waals surface area contributed by atoms with Gasteiger partial charge in [0.2, 0.25) is 0 Å². The van der Waals surface area contributed by atoms with Crippen LogP contribution in [0.3, 0.4) is 0 Å². The molecule has 0 spiro atoms. The third kappa shape index (κ3) is 7.74. The Hall–Kier alpha value is -10.1. The van der Waals surface area contributed by atoms with Gasteiger partial charge in [-0.15, -0.1) is 0 Å². The SMILES string of the molecule is c1ccc(-c2cc(-c3cc(-c4ccccc4)c(N(c4ccc(-n5c6ccccc6c6ccccc65)cc4)c4cccc(-n5c6ccccc6c6ccccc65)c4)c(-c4ccccc4)c3)nc(-c3ccccc3)n2)cc1. The van der Waals surface area contributed by atoms with Crippen LogP contribution in [0.25, 0.3) is 111 Å². The average molecular weight is 958 g/mol. The van der Waals surface area contributed by atoms with Crippen LogP contribution in [-0.2, 0) is 0 Å². The predicted molar refractivity (Wildman–Crippen MR) is 313 cm³/mol. The molecule has 14 rings (SSSR count). The van der Waals surface area contributed by atoms with Crippen molar-refractivity contribution in [3.05, 3.63) is 285 Å². The lowest BCUT2D eigenvalue weighted by molar-refractivity contribution is 1.16. The number of nitrogens with zero attached hydrogens (tertiary/aromatic N) is 5. The summed E-state index contributed by atoms with van der Waals surface area (Å²) >= 11 is 0. The van der Waals surface area contributed by atoms with E-state index in [1.165, 1.54) is 32.6 Å². The molecule has 0 bridgehead atoms. The maximum Gasteiger partial charge on any atom is 0.160 e. The summed E-state index contributed by atoms with van der Waals surface area (Å²) in [6.07, 6.45) is 0. The second-order valence-electron chi connectivity index (χ2n) is 19.0. The van der Waals surface area contributed by atoms with Gasteiger partial charge in [0.25, 0.3) is 0 Å².